The van der Waals surface area contributed by atoms with Crippen LogP contribution in [0.5, 0.6) is 0 Å². The highest BCUT2D eigenvalue weighted by atomic mass is 15.1. The van der Waals surface area contributed by atoms with Crippen LogP contribution in [0.2, 0.25) is 0 Å². The molecule has 0 radical (unpaired) electrons. The van der Waals surface area contributed by atoms with E-state index in [0.29, 0.717) is 0 Å². The number of rotatable bonds is 12. The number of aromatic nitrogens is 2. The Kier molecular flexibility index (Phi) is 15.5. The summed E-state index contributed by atoms with van der Waals surface area (Å²) >= 11 is 0. The molecule has 4 nitrogen and oxygen atoms in total. The Morgan fingerprint density at radius 3 is 0.868 bits per heavy atom. The van der Waals surface area contributed by atoms with Crippen molar-refractivity contribution in [3.8, 4) is 78.1 Å². The minimum atomic E-state index is -0.0925. The van der Waals surface area contributed by atoms with E-state index >= 15 is 0 Å². The first-order valence-electron chi connectivity index (χ1n) is 36.9. The fraction of sp³-hybridized carbons (Fsp3) is 0.0588. The van der Waals surface area contributed by atoms with E-state index in [1.54, 1.807) is 0 Å². The molecule has 18 aromatic rings. The first-order chi connectivity index (χ1) is 52.1. The van der Waals surface area contributed by atoms with E-state index in [1.165, 1.54) is 133 Å². The van der Waals surface area contributed by atoms with Crippen molar-refractivity contribution in [2.75, 3.05) is 9.80 Å². The largest absolute Gasteiger partial charge is 0.310 e. The summed E-state index contributed by atoms with van der Waals surface area (Å²) in [6, 6.07) is 142. The fourth-order valence-corrected chi connectivity index (χ4v) is 17.1. The van der Waals surface area contributed by atoms with Crippen LogP contribution in [0.15, 0.2) is 388 Å². The van der Waals surface area contributed by atoms with E-state index < -0.39 is 0 Å². The zero-order valence-electron chi connectivity index (χ0n) is 59.7. The van der Waals surface area contributed by atoms with Crippen molar-refractivity contribution >= 4 is 77.7 Å². The normalized spacial score (nSPS) is 12.9. The molecule has 0 saturated carbocycles. The van der Waals surface area contributed by atoms with Crippen molar-refractivity contribution < 1.29 is 0 Å². The van der Waals surface area contributed by atoms with E-state index in [4.69, 9.17) is 0 Å². The van der Waals surface area contributed by atoms with E-state index in [2.05, 4.69) is 435 Å². The summed E-state index contributed by atoms with van der Waals surface area (Å²) < 4.78 is 4.77. The van der Waals surface area contributed by atoms with E-state index in [1.807, 2.05) is 0 Å². The smallest absolute Gasteiger partial charge is 0.0541 e. The maximum atomic E-state index is 2.41. The first-order valence-corrected chi connectivity index (χ1v) is 36.9. The van der Waals surface area contributed by atoms with Gasteiger partial charge in [-0.2, -0.15) is 0 Å². The molecule has 0 N–H and O–H groups in total. The molecule has 20 rings (SSSR count). The van der Waals surface area contributed by atoms with Crippen LogP contribution in [-0.2, 0) is 10.8 Å². The summed E-state index contributed by atoms with van der Waals surface area (Å²) in [7, 11) is 0. The third-order valence-corrected chi connectivity index (χ3v) is 22.4. The summed E-state index contributed by atoms with van der Waals surface area (Å²) in [5.74, 6) is 0. The molecule has 0 saturated heterocycles. The zero-order valence-corrected chi connectivity index (χ0v) is 59.7. The predicted octanol–water partition coefficient (Wildman–Crippen LogP) is 27.8. The second-order valence-electron chi connectivity index (χ2n) is 29.2. The van der Waals surface area contributed by atoms with Gasteiger partial charge in [-0.05, 0) is 210 Å². The minimum Gasteiger partial charge on any atom is -0.310 e. The zero-order chi connectivity index (χ0) is 71.0. The number of para-hydroxylation sites is 4. The third kappa shape index (κ3) is 10.9. The first kappa shape index (κ1) is 63.6. The molecule has 0 bridgehead atoms. The number of hydrogen-bond donors (Lipinski definition) is 0. The fourth-order valence-electron chi connectivity index (χ4n) is 17.1. The molecule has 0 atom stereocenters. The van der Waals surface area contributed by atoms with Gasteiger partial charge < -0.3 is 18.9 Å². The highest BCUT2D eigenvalue weighted by Gasteiger charge is 2.37. The predicted molar refractivity (Wildman–Crippen MR) is 448 cm³/mol. The molecule has 0 fully saturated rings. The molecule has 2 heterocycles. The Balaban J connectivity index is 0.000000145. The summed E-state index contributed by atoms with van der Waals surface area (Å²) in [4.78, 5) is 4.80. The van der Waals surface area contributed by atoms with E-state index in [9.17, 15) is 0 Å². The van der Waals surface area contributed by atoms with Crippen molar-refractivity contribution in [2.45, 2.75) is 38.5 Å². The molecule has 106 heavy (non-hydrogen) atoms. The lowest BCUT2D eigenvalue weighted by atomic mass is 9.82. The Morgan fingerprint density at radius 1 is 0.189 bits per heavy atom. The second kappa shape index (κ2) is 25.9. The van der Waals surface area contributed by atoms with Gasteiger partial charge in [-0.15, -0.1) is 0 Å². The lowest BCUT2D eigenvalue weighted by molar-refractivity contribution is 0.660. The van der Waals surface area contributed by atoms with Gasteiger partial charge in [-0.3, -0.25) is 0 Å². The minimum absolute atomic E-state index is 0.0873. The highest BCUT2D eigenvalue weighted by molar-refractivity contribution is 6.10. The maximum absolute atomic E-state index is 2.41. The van der Waals surface area contributed by atoms with Crippen molar-refractivity contribution in [3.63, 3.8) is 0 Å². The van der Waals surface area contributed by atoms with Crippen LogP contribution in [0.3, 0.4) is 0 Å². The molecule has 2 aliphatic rings. The average Bonchev–Trinajstić information content (AvgIpc) is 1.59. The van der Waals surface area contributed by atoms with Crippen LogP contribution in [-0.4, -0.2) is 9.13 Å². The molecular formula is C102H76N4. The van der Waals surface area contributed by atoms with Gasteiger partial charge in [-0.1, -0.05) is 295 Å². The van der Waals surface area contributed by atoms with Gasteiger partial charge in [0.25, 0.3) is 0 Å². The van der Waals surface area contributed by atoms with Crippen LogP contribution in [0.1, 0.15) is 49.9 Å². The average molecular weight is 1360 g/mol. The van der Waals surface area contributed by atoms with Crippen LogP contribution >= 0.6 is 0 Å². The Labute approximate surface area is 619 Å². The van der Waals surface area contributed by atoms with Crippen LogP contribution in [0.4, 0.5) is 34.1 Å². The monoisotopic (exact) mass is 1360 g/mol. The molecule has 0 amide bonds. The molecular weight excluding hydrogens is 1280 g/mol. The third-order valence-electron chi connectivity index (χ3n) is 22.4. The number of fused-ring (bicyclic) bond motifs is 12. The lowest BCUT2D eigenvalue weighted by Gasteiger charge is -2.28. The Bertz CT molecular complexity index is 6270. The van der Waals surface area contributed by atoms with Gasteiger partial charge in [0, 0.05) is 77.9 Å². The molecule has 2 aromatic heterocycles. The Morgan fingerprint density at radius 2 is 0.462 bits per heavy atom. The molecule has 2 aliphatic carbocycles. The van der Waals surface area contributed by atoms with E-state index in [-0.39, 0.29) is 10.8 Å². The van der Waals surface area contributed by atoms with E-state index in [0.717, 1.165) is 45.5 Å². The standard InChI is InChI=1S/2C51H38N2/c1-51(2)47-23-9-6-20-43(47)44-31-30-42(34-48(44)51)52(40-18-12-16-37(32-40)35-14-4-3-5-15-35)39-28-26-36(27-29-39)38-17-13-19-41(33-38)53-49-24-10-7-21-45(49)46-22-8-11-25-50(46)53;1-51(2)47-20-9-6-17-43(47)44-32-31-42(34-48(44)51)52(39-27-23-36(24-28-39)35-13-4-3-5-14-35)40-29-25-37(26-30-40)38-15-12-16-41(33-38)53-49-21-10-7-18-45(49)46-19-8-11-22-50(46)53/h2*3-34H,1-2H3. The van der Waals surface area contributed by atoms with Gasteiger partial charge in [0.1, 0.15) is 0 Å². The second-order valence-corrected chi connectivity index (χ2v) is 29.2. The number of benzene rings is 16. The number of hydrogen-bond acceptors (Lipinski definition) is 2. The van der Waals surface area contributed by atoms with Crippen molar-refractivity contribution in [2.24, 2.45) is 0 Å². The molecule has 0 aliphatic heterocycles. The molecule has 16 aromatic carbocycles. The Hall–Kier alpha value is -13.3. The summed E-state index contributed by atoms with van der Waals surface area (Å²) in [6.07, 6.45) is 0. The van der Waals surface area contributed by atoms with Crippen molar-refractivity contribution in [3.05, 3.63) is 411 Å². The number of anilines is 6. The van der Waals surface area contributed by atoms with Gasteiger partial charge in [0.05, 0.1) is 22.1 Å². The van der Waals surface area contributed by atoms with Gasteiger partial charge >= 0.3 is 0 Å². The van der Waals surface area contributed by atoms with Crippen LogP contribution < -0.4 is 9.80 Å². The SMILES string of the molecule is CC1(C)c2ccccc2-c2ccc(N(c3ccc(-c4cccc(-n5c6ccccc6c6ccccc65)c4)cc3)c3cccc(-c4ccccc4)c3)cc21.CC1(C)c2ccccc2-c2ccc(N(c3ccc(-c4ccccc4)cc3)c3ccc(-c4cccc(-n5c6ccccc6c6ccccc65)c4)cc3)cc21. The highest BCUT2D eigenvalue weighted by Crippen LogP contribution is 2.53. The molecule has 0 spiro atoms. The summed E-state index contributed by atoms with van der Waals surface area (Å²) in [6.45, 7) is 9.40. The quantitative estimate of drug-likeness (QED) is 0.121. The molecule has 504 valence electrons. The topological polar surface area (TPSA) is 16.3 Å². The van der Waals surface area contributed by atoms with Crippen molar-refractivity contribution in [1.82, 2.24) is 9.13 Å². The maximum Gasteiger partial charge on any atom is 0.0541 e. The van der Waals surface area contributed by atoms with Gasteiger partial charge in [-0.25, -0.2) is 0 Å². The number of nitrogens with zero attached hydrogens (tertiary/aromatic N) is 4. The van der Waals surface area contributed by atoms with Gasteiger partial charge in [0.15, 0.2) is 0 Å². The van der Waals surface area contributed by atoms with Gasteiger partial charge in [0.2, 0.25) is 0 Å². The summed E-state index contributed by atoms with van der Waals surface area (Å²) in [5, 5.41) is 5.09. The lowest BCUT2D eigenvalue weighted by Crippen LogP contribution is -2.16. The van der Waals surface area contributed by atoms with Crippen molar-refractivity contribution in [1.29, 1.82) is 0 Å². The summed E-state index contributed by atoms with van der Waals surface area (Å²) in [5.41, 5.74) is 34.2. The molecule has 4 heteroatoms. The van der Waals surface area contributed by atoms with Crippen LogP contribution in [0.25, 0.3) is 122 Å². The molecule has 0 unspecified atom stereocenters. The van der Waals surface area contributed by atoms with Crippen LogP contribution in [0, 0.1) is 0 Å².